The Morgan fingerprint density at radius 2 is 2.05 bits per heavy atom. The molecule has 1 heterocycles. The Bertz CT molecular complexity index is 757. The van der Waals surface area contributed by atoms with Gasteiger partial charge in [-0.2, -0.15) is 0 Å². The van der Waals surface area contributed by atoms with E-state index >= 15 is 0 Å². The molecule has 0 saturated carbocycles. The zero-order chi connectivity index (χ0) is 15.6. The fourth-order valence-electron chi connectivity index (χ4n) is 1.85. The molecule has 0 aliphatic rings. The third-order valence-electron chi connectivity index (χ3n) is 2.71. The van der Waals surface area contributed by atoms with Crippen LogP contribution in [0.2, 0.25) is 5.02 Å². The maximum absolute atomic E-state index is 11.3. The summed E-state index contributed by atoms with van der Waals surface area (Å²) in [4.78, 5) is 5.50. The van der Waals surface area contributed by atoms with E-state index < -0.39 is 10.0 Å². The van der Waals surface area contributed by atoms with Crippen molar-refractivity contribution >= 4 is 44.3 Å². The van der Waals surface area contributed by atoms with Crippen LogP contribution in [-0.2, 0) is 16.6 Å². The number of thiazole rings is 1. The molecule has 0 spiro atoms. The lowest BCUT2D eigenvalue weighted by molar-refractivity contribution is 0.607. The molecule has 0 bridgehead atoms. The van der Waals surface area contributed by atoms with Crippen molar-refractivity contribution in [2.75, 3.05) is 16.3 Å². The molecule has 0 radical (unpaired) electrons. The van der Waals surface area contributed by atoms with Crippen LogP contribution in [0.5, 0.6) is 0 Å². The highest BCUT2D eigenvalue weighted by molar-refractivity contribution is 7.92. The molecule has 5 nitrogen and oxygen atoms in total. The van der Waals surface area contributed by atoms with Crippen LogP contribution in [0.1, 0.15) is 15.6 Å². The SMILES string of the molecule is Cc1nc(C)c(CNc2cc(NS(C)(=O)=O)ccc2Cl)s1. The molecule has 2 rings (SSSR count). The van der Waals surface area contributed by atoms with Crippen LogP contribution in [0.25, 0.3) is 0 Å². The third kappa shape index (κ3) is 4.59. The molecule has 2 aromatic rings. The zero-order valence-corrected chi connectivity index (χ0v) is 14.3. The predicted octanol–water partition coefficient (Wildman–Crippen LogP) is 3.40. The van der Waals surface area contributed by atoms with E-state index in [1.165, 1.54) is 0 Å². The lowest BCUT2D eigenvalue weighted by Gasteiger charge is -2.10. The number of sulfonamides is 1. The number of rotatable bonds is 5. The molecule has 1 aromatic heterocycles. The maximum atomic E-state index is 11.3. The summed E-state index contributed by atoms with van der Waals surface area (Å²) in [5.41, 5.74) is 2.14. The minimum atomic E-state index is -3.31. The Morgan fingerprint density at radius 1 is 1.33 bits per heavy atom. The standard InChI is InChI=1S/C13H16ClN3O2S2/c1-8-13(20-9(2)16-8)7-15-12-6-10(4-5-11(12)14)17-21(3,18)19/h4-6,15,17H,7H2,1-3H3. The second-order valence-corrected chi connectivity index (χ2v) is 8.11. The van der Waals surface area contributed by atoms with Gasteiger partial charge in [0.1, 0.15) is 0 Å². The summed E-state index contributed by atoms with van der Waals surface area (Å²) in [6.07, 6.45) is 1.11. The first-order valence-electron chi connectivity index (χ1n) is 6.19. The summed E-state index contributed by atoms with van der Waals surface area (Å²) in [6, 6.07) is 4.95. The molecule has 0 aliphatic heterocycles. The minimum Gasteiger partial charge on any atom is -0.379 e. The second-order valence-electron chi connectivity index (χ2n) is 4.66. The number of nitrogens with zero attached hydrogens (tertiary/aromatic N) is 1. The molecule has 21 heavy (non-hydrogen) atoms. The molecule has 8 heteroatoms. The number of aryl methyl sites for hydroxylation is 2. The quantitative estimate of drug-likeness (QED) is 0.871. The predicted molar refractivity (Wildman–Crippen MR) is 88.8 cm³/mol. The Morgan fingerprint density at radius 3 is 2.62 bits per heavy atom. The number of hydrogen-bond acceptors (Lipinski definition) is 5. The monoisotopic (exact) mass is 345 g/mol. The summed E-state index contributed by atoms with van der Waals surface area (Å²) < 4.78 is 24.9. The van der Waals surface area contributed by atoms with Crippen LogP contribution in [0.3, 0.4) is 0 Å². The molecule has 0 unspecified atom stereocenters. The van der Waals surface area contributed by atoms with Gasteiger partial charge < -0.3 is 5.32 Å². The molecule has 114 valence electrons. The number of hydrogen-bond donors (Lipinski definition) is 2. The van der Waals surface area contributed by atoms with Gasteiger partial charge in [0.2, 0.25) is 10.0 Å². The van der Waals surface area contributed by atoms with E-state index in [4.69, 9.17) is 11.6 Å². The van der Waals surface area contributed by atoms with Crippen LogP contribution in [0, 0.1) is 13.8 Å². The fourth-order valence-corrected chi connectivity index (χ4v) is 3.47. The largest absolute Gasteiger partial charge is 0.379 e. The minimum absolute atomic E-state index is 0.474. The van der Waals surface area contributed by atoms with Gasteiger partial charge in [0, 0.05) is 4.88 Å². The Hall–Kier alpha value is -1.31. The van der Waals surface area contributed by atoms with Gasteiger partial charge in [0.25, 0.3) is 0 Å². The van der Waals surface area contributed by atoms with Crippen molar-refractivity contribution in [1.82, 2.24) is 4.98 Å². The van der Waals surface area contributed by atoms with Gasteiger partial charge >= 0.3 is 0 Å². The van der Waals surface area contributed by atoms with Crippen LogP contribution in [0.15, 0.2) is 18.2 Å². The first kappa shape index (κ1) is 16.1. The molecule has 0 fully saturated rings. The van der Waals surface area contributed by atoms with E-state index in [2.05, 4.69) is 15.0 Å². The van der Waals surface area contributed by atoms with Crippen LogP contribution in [-0.4, -0.2) is 19.7 Å². The molecule has 0 atom stereocenters. The van der Waals surface area contributed by atoms with E-state index in [1.807, 2.05) is 13.8 Å². The maximum Gasteiger partial charge on any atom is 0.229 e. The van der Waals surface area contributed by atoms with E-state index in [0.717, 1.165) is 21.8 Å². The van der Waals surface area contributed by atoms with Gasteiger partial charge in [-0.3, -0.25) is 4.72 Å². The first-order valence-corrected chi connectivity index (χ1v) is 9.27. The average molecular weight is 346 g/mol. The Labute approximate surface area is 133 Å². The highest BCUT2D eigenvalue weighted by atomic mass is 35.5. The summed E-state index contributed by atoms with van der Waals surface area (Å²) in [6.45, 7) is 4.52. The average Bonchev–Trinajstić information content (AvgIpc) is 2.67. The zero-order valence-electron chi connectivity index (χ0n) is 11.9. The fraction of sp³-hybridized carbons (Fsp3) is 0.308. The van der Waals surface area contributed by atoms with Gasteiger partial charge in [-0.15, -0.1) is 11.3 Å². The number of aromatic nitrogens is 1. The summed E-state index contributed by atoms with van der Waals surface area (Å²) >= 11 is 7.75. The molecular weight excluding hydrogens is 330 g/mol. The van der Waals surface area contributed by atoms with Gasteiger partial charge in [-0.05, 0) is 32.0 Å². The topological polar surface area (TPSA) is 71.1 Å². The van der Waals surface area contributed by atoms with Crippen LogP contribution in [0.4, 0.5) is 11.4 Å². The van der Waals surface area contributed by atoms with Crippen molar-refractivity contribution in [3.8, 4) is 0 Å². The summed E-state index contributed by atoms with van der Waals surface area (Å²) in [5.74, 6) is 0. The molecule has 0 amide bonds. The van der Waals surface area contributed by atoms with Crippen molar-refractivity contribution in [3.63, 3.8) is 0 Å². The number of benzene rings is 1. The van der Waals surface area contributed by atoms with Crippen LogP contribution >= 0.6 is 22.9 Å². The molecule has 1 aromatic carbocycles. The third-order valence-corrected chi connectivity index (χ3v) is 4.72. The van der Waals surface area contributed by atoms with Gasteiger partial charge in [-0.25, -0.2) is 13.4 Å². The summed E-state index contributed by atoms with van der Waals surface area (Å²) in [7, 11) is -3.31. The van der Waals surface area contributed by atoms with Gasteiger partial charge in [-0.1, -0.05) is 11.6 Å². The highest BCUT2D eigenvalue weighted by Gasteiger charge is 2.08. The van der Waals surface area contributed by atoms with Crippen molar-refractivity contribution < 1.29 is 8.42 Å². The van der Waals surface area contributed by atoms with Crippen molar-refractivity contribution in [2.45, 2.75) is 20.4 Å². The number of nitrogens with one attached hydrogen (secondary N) is 2. The second kappa shape index (κ2) is 6.21. The molecule has 0 saturated heterocycles. The highest BCUT2D eigenvalue weighted by Crippen LogP contribution is 2.27. The normalized spacial score (nSPS) is 11.4. The van der Waals surface area contributed by atoms with E-state index in [0.29, 0.717) is 22.9 Å². The Balaban J connectivity index is 2.16. The van der Waals surface area contributed by atoms with E-state index in [-0.39, 0.29) is 0 Å². The summed E-state index contributed by atoms with van der Waals surface area (Å²) in [5, 5.41) is 4.76. The van der Waals surface area contributed by atoms with E-state index in [9.17, 15) is 8.42 Å². The molecular formula is C13H16ClN3O2S2. The van der Waals surface area contributed by atoms with Gasteiger partial charge in [0.05, 0.1) is 39.9 Å². The molecule has 2 N–H and O–H groups in total. The lowest BCUT2D eigenvalue weighted by atomic mass is 10.2. The van der Waals surface area contributed by atoms with Crippen LogP contribution < -0.4 is 10.0 Å². The number of anilines is 2. The smallest absolute Gasteiger partial charge is 0.229 e. The van der Waals surface area contributed by atoms with Gasteiger partial charge in [0.15, 0.2) is 0 Å². The number of halogens is 1. The lowest BCUT2D eigenvalue weighted by Crippen LogP contribution is -2.10. The first-order chi connectivity index (χ1) is 9.74. The van der Waals surface area contributed by atoms with Crippen molar-refractivity contribution in [1.29, 1.82) is 0 Å². The van der Waals surface area contributed by atoms with Crippen molar-refractivity contribution in [3.05, 3.63) is 38.8 Å². The van der Waals surface area contributed by atoms with Crippen molar-refractivity contribution in [2.24, 2.45) is 0 Å². The molecule has 0 aliphatic carbocycles. The Kier molecular flexibility index (Phi) is 4.75. The van der Waals surface area contributed by atoms with E-state index in [1.54, 1.807) is 29.5 Å².